The summed E-state index contributed by atoms with van der Waals surface area (Å²) in [6.45, 7) is 1.44. The summed E-state index contributed by atoms with van der Waals surface area (Å²) < 4.78 is 0. The van der Waals surface area contributed by atoms with Crippen LogP contribution in [0, 0.1) is 0 Å². The molecule has 0 aliphatic carbocycles. The Bertz CT molecular complexity index is 528. The molecule has 0 atom stereocenters. The lowest BCUT2D eigenvalue weighted by Gasteiger charge is -2.40. The molecule has 0 bridgehead atoms. The maximum absolute atomic E-state index is 10.8. The average molecular weight is 317 g/mol. The molecule has 1 saturated heterocycles. The van der Waals surface area contributed by atoms with Gasteiger partial charge in [-0.25, -0.2) is 0 Å². The summed E-state index contributed by atoms with van der Waals surface area (Å²) in [5.74, 6) is 0. The lowest BCUT2D eigenvalue weighted by atomic mass is 10.0. The molecule has 102 valence electrons. The number of nitrogens with two attached hydrogens (primary N) is 1. The van der Waals surface area contributed by atoms with Gasteiger partial charge in [0.2, 0.25) is 0 Å². The molecule has 1 heterocycles. The maximum atomic E-state index is 10.8. The molecule has 3 nitrogen and oxygen atoms in total. The molecule has 2 N–H and O–H groups in total. The molecule has 0 amide bonds. The van der Waals surface area contributed by atoms with Crippen molar-refractivity contribution >= 4 is 46.9 Å². The van der Waals surface area contributed by atoms with Crippen LogP contribution in [0.5, 0.6) is 0 Å². The monoisotopic (exact) mass is 316 g/mol. The Kier molecular flexibility index (Phi) is 4.79. The first-order valence-electron chi connectivity index (χ1n) is 5.76. The highest BCUT2D eigenvalue weighted by molar-refractivity contribution is 7.98. The molecule has 1 aromatic rings. The minimum atomic E-state index is 0.148. The summed E-state index contributed by atoms with van der Waals surface area (Å²) in [6.07, 6.45) is 4.20. The van der Waals surface area contributed by atoms with E-state index in [9.17, 15) is 4.79 Å². The third-order valence-corrected chi connectivity index (χ3v) is 4.79. The lowest BCUT2D eigenvalue weighted by molar-refractivity contribution is -0.104. The van der Waals surface area contributed by atoms with Gasteiger partial charge < -0.3 is 10.6 Å². The van der Waals surface area contributed by atoms with Crippen molar-refractivity contribution in [3.05, 3.63) is 33.8 Å². The summed E-state index contributed by atoms with van der Waals surface area (Å²) in [6, 6.07) is 3.95. The third kappa shape index (κ3) is 2.92. The molecule has 1 aliphatic rings. The van der Waals surface area contributed by atoms with E-state index in [0.717, 1.165) is 35.5 Å². The number of hydrogen-bond acceptors (Lipinski definition) is 4. The number of nitrogens with zero attached hydrogens (tertiary/aromatic N) is 1. The van der Waals surface area contributed by atoms with Gasteiger partial charge in [0.25, 0.3) is 0 Å². The second-order valence-corrected chi connectivity index (χ2v) is 5.90. The van der Waals surface area contributed by atoms with Gasteiger partial charge in [-0.3, -0.25) is 4.79 Å². The predicted molar refractivity (Wildman–Crippen MR) is 81.8 cm³/mol. The highest BCUT2D eigenvalue weighted by Crippen LogP contribution is 2.38. The van der Waals surface area contributed by atoms with Gasteiger partial charge >= 0.3 is 0 Å². The summed E-state index contributed by atoms with van der Waals surface area (Å²) in [5, 5.41) is 0.996. The van der Waals surface area contributed by atoms with Crippen molar-refractivity contribution in [3.8, 4) is 0 Å². The number of thioether (sulfide) groups is 1. The Labute approximate surface area is 126 Å². The SMILES string of the molecule is CSc1ccc(C(=CC=O)N2CC(N)C2)c(Cl)c1Cl. The zero-order valence-electron chi connectivity index (χ0n) is 10.4. The van der Waals surface area contributed by atoms with E-state index >= 15 is 0 Å². The van der Waals surface area contributed by atoms with Crippen LogP contribution in [0.2, 0.25) is 10.0 Å². The first-order valence-corrected chi connectivity index (χ1v) is 7.75. The van der Waals surface area contributed by atoms with E-state index in [1.807, 2.05) is 23.3 Å². The van der Waals surface area contributed by atoms with E-state index in [-0.39, 0.29) is 6.04 Å². The van der Waals surface area contributed by atoms with E-state index in [4.69, 9.17) is 28.9 Å². The normalized spacial score (nSPS) is 16.4. The lowest BCUT2D eigenvalue weighted by Crippen LogP contribution is -2.54. The van der Waals surface area contributed by atoms with Crippen LogP contribution in [0.15, 0.2) is 23.1 Å². The smallest absolute Gasteiger partial charge is 0.144 e. The first-order chi connectivity index (χ1) is 9.08. The van der Waals surface area contributed by atoms with Crippen LogP contribution in [-0.2, 0) is 4.79 Å². The Morgan fingerprint density at radius 1 is 1.42 bits per heavy atom. The van der Waals surface area contributed by atoms with Gasteiger partial charge in [0.15, 0.2) is 0 Å². The zero-order valence-corrected chi connectivity index (χ0v) is 12.7. The van der Waals surface area contributed by atoms with Crippen molar-refractivity contribution in [2.75, 3.05) is 19.3 Å². The third-order valence-electron chi connectivity index (χ3n) is 3.02. The molecule has 19 heavy (non-hydrogen) atoms. The van der Waals surface area contributed by atoms with Crippen LogP contribution in [0.1, 0.15) is 5.56 Å². The van der Waals surface area contributed by atoms with Crippen molar-refractivity contribution < 1.29 is 4.79 Å². The molecule has 0 radical (unpaired) electrons. The summed E-state index contributed by atoms with van der Waals surface area (Å²) in [4.78, 5) is 13.8. The Morgan fingerprint density at radius 2 is 2.11 bits per heavy atom. The summed E-state index contributed by atoms with van der Waals surface area (Å²) >= 11 is 14.1. The number of aldehydes is 1. The number of carbonyl (C=O) groups is 1. The highest BCUT2D eigenvalue weighted by atomic mass is 35.5. The number of carbonyl (C=O) groups excluding carboxylic acids is 1. The fraction of sp³-hybridized carbons (Fsp3) is 0.308. The second kappa shape index (κ2) is 6.18. The summed E-state index contributed by atoms with van der Waals surface area (Å²) in [7, 11) is 0. The van der Waals surface area contributed by atoms with Crippen molar-refractivity contribution in [1.29, 1.82) is 0 Å². The Hall–Kier alpha value is -0.680. The number of rotatable bonds is 4. The van der Waals surface area contributed by atoms with Crippen LogP contribution < -0.4 is 5.73 Å². The van der Waals surface area contributed by atoms with E-state index in [1.54, 1.807) is 0 Å². The molecule has 0 saturated carbocycles. The van der Waals surface area contributed by atoms with Crippen molar-refractivity contribution in [2.45, 2.75) is 10.9 Å². The van der Waals surface area contributed by atoms with Crippen LogP contribution in [0.4, 0.5) is 0 Å². The molecular weight excluding hydrogens is 303 g/mol. The fourth-order valence-electron chi connectivity index (χ4n) is 2.03. The largest absolute Gasteiger partial charge is 0.368 e. The standard InChI is InChI=1S/C13H14Cl2N2OS/c1-19-11-3-2-9(12(14)13(11)15)10(4-5-18)17-6-8(16)7-17/h2-5,8H,6-7,16H2,1H3. The molecule has 6 heteroatoms. The predicted octanol–water partition coefficient (Wildman–Crippen LogP) is 2.90. The summed E-state index contributed by atoms with van der Waals surface area (Å²) in [5.41, 5.74) is 7.32. The molecular formula is C13H14Cl2N2OS. The van der Waals surface area contributed by atoms with Gasteiger partial charge in [-0.05, 0) is 12.3 Å². The van der Waals surface area contributed by atoms with E-state index in [2.05, 4.69) is 0 Å². The van der Waals surface area contributed by atoms with Crippen LogP contribution >= 0.6 is 35.0 Å². The number of halogens is 2. The number of likely N-dealkylation sites (tertiary alicyclic amines) is 1. The van der Waals surface area contributed by atoms with Crippen molar-refractivity contribution in [2.24, 2.45) is 5.73 Å². The van der Waals surface area contributed by atoms with Crippen LogP contribution in [0.25, 0.3) is 5.70 Å². The maximum Gasteiger partial charge on any atom is 0.144 e. The van der Waals surface area contributed by atoms with E-state index < -0.39 is 0 Å². The Morgan fingerprint density at radius 3 is 2.63 bits per heavy atom. The van der Waals surface area contributed by atoms with Gasteiger partial charge in [-0.15, -0.1) is 11.8 Å². The molecule has 0 unspecified atom stereocenters. The van der Waals surface area contributed by atoms with Gasteiger partial charge in [-0.1, -0.05) is 29.3 Å². The molecule has 1 aliphatic heterocycles. The van der Waals surface area contributed by atoms with Gasteiger partial charge in [-0.2, -0.15) is 0 Å². The number of allylic oxidation sites excluding steroid dienone is 1. The highest BCUT2D eigenvalue weighted by Gasteiger charge is 2.27. The second-order valence-electron chi connectivity index (χ2n) is 4.30. The van der Waals surface area contributed by atoms with Crippen molar-refractivity contribution in [3.63, 3.8) is 0 Å². The van der Waals surface area contributed by atoms with Crippen molar-refractivity contribution in [1.82, 2.24) is 4.90 Å². The first kappa shape index (κ1) is 14.7. The quantitative estimate of drug-likeness (QED) is 0.527. The molecule has 1 aromatic carbocycles. The van der Waals surface area contributed by atoms with E-state index in [1.165, 1.54) is 17.8 Å². The van der Waals surface area contributed by atoms with Crippen LogP contribution in [-0.4, -0.2) is 36.6 Å². The zero-order chi connectivity index (χ0) is 14.0. The molecule has 0 spiro atoms. The number of benzene rings is 1. The van der Waals surface area contributed by atoms with Gasteiger partial charge in [0.05, 0.1) is 10.0 Å². The van der Waals surface area contributed by atoms with E-state index in [0.29, 0.717) is 10.0 Å². The van der Waals surface area contributed by atoms with Crippen LogP contribution in [0.3, 0.4) is 0 Å². The number of hydrogen-bond donors (Lipinski definition) is 1. The topological polar surface area (TPSA) is 46.3 Å². The molecule has 1 fully saturated rings. The minimum Gasteiger partial charge on any atom is -0.368 e. The Balaban J connectivity index is 2.40. The fourth-order valence-corrected chi connectivity index (χ4v) is 3.23. The average Bonchev–Trinajstić information content (AvgIpc) is 2.36. The molecule has 2 rings (SSSR count). The van der Waals surface area contributed by atoms with Gasteiger partial charge in [0.1, 0.15) is 6.29 Å². The minimum absolute atomic E-state index is 0.148. The molecule has 0 aromatic heterocycles. The van der Waals surface area contributed by atoms with Gasteiger partial charge in [0, 0.05) is 41.4 Å².